The van der Waals surface area contributed by atoms with Gasteiger partial charge in [-0.05, 0) is 42.4 Å². The molecule has 0 aliphatic carbocycles. The Morgan fingerprint density at radius 1 is 0.750 bits per heavy atom. The number of aliphatic carboxylic acids is 1. The van der Waals surface area contributed by atoms with E-state index in [1.807, 2.05) is 54.5 Å². The molecule has 2 amide bonds. The van der Waals surface area contributed by atoms with Gasteiger partial charge in [0.25, 0.3) is 0 Å². The van der Waals surface area contributed by atoms with Crippen molar-refractivity contribution in [2.45, 2.75) is 84.0 Å². The second-order valence-electron chi connectivity index (χ2n) is 18.2. The number of phenolic OH excluding ortho intramolecular Hbond substituents is 1. The molecular formula is C48H72N16O8. The van der Waals surface area contributed by atoms with E-state index < -0.39 is 24.1 Å². The van der Waals surface area contributed by atoms with Crippen molar-refractivity contribution in [3.05, 3.63) is 53.6 Å². The van der Waals surface area contributed by atoms with Crippen molar-refractivity contribution in [2.24, 2.45) is 23.3 Å². The Kier molecular flexibility index (Phi) is 20.8. The second-order valence-corrected chi connectivity index (χ2v) is 18.2. The average Bonchev–Trinajstić information content (AvgIpc) is 4.09. The molecule has 0 radical (unpaired) electrons. The molecule has 2 aliphatic rings. The maximum Gasteiger partial charge on any atom is 0.303 e. The normalized spacial score (nSPS) is 16.7. The number of carbonyl (C=O) groups is 3. The molecule has 6 rings (SSSR count). The first kappa shape index (κ1) is 54.8. The van der Waals surface area contributed by atoms with Crippen LogP contribution < -0.4 is 26.6 Å². The number of carboxylic acids is 1. The number of hydrogen-bond donors (Lipinski definition) is 5. The summed E-state index contributed by atoms with van der Waals surface area (Å²) < 4.78 is 19.6. The first-order valence-electron chi connectivity index (χ1n) is 24.9. The number of nitrogens with zero attached hydrogens (tertiary/aromatic N) is 13. The summed E-state index contributed by atoms with van der Waals surface area (Å²) >= 11 is 0. The van der Waals surface area contributed by atoms with Crippen molar-refractivity contribution in [3.63, 3.8) is 0 Å². The van der Waals surface area contributed by atoms with Crippen LogP contribution >= 0.6 is 0 Å². The highest BCUT2D eigenvalue weighted by molar-refractivity contribution is 5.82. The molecular weight excluding hydrogens is 929 g/mol. The maximum absolute atomic E-state index is 14.4. The molecule has 392 valence electrons. The molecule has 24 nitrogen and oxygen atoms in total. The van der Waals surface area contributed by atoms with Gasteiger partial charge in [-0.3, -0.25) is 14.4 Å². The number of anilines is 3. The third-order valence-corrected chi connectivity index (χ3v) is 13.2. The molecule has 3 aromatic heterocycles. The highest BCUT2D eigenvalue weighted by Crippen LogP contribution is 2.28. The fourth-order valence-electron chi connectivity index (χ4n) is 8.37. The van der Waals surface area contributed by atoms with Gasteiger partial charge in [-0.25, -0.2) is 9.36 Å². The Morgan fingerprint density at radius 2 is 1.31 bits per heavy atom. The molecule has 0 bridgehead atoms. The smallest absolute Gasteiger partial charge is 0.303 e. The Morgan fingerprint density at radius 3 is 1.90 bits per heavy atom. The highest BCUT2D eigenvalue weighted by atomic mass is 16.5. The molecule has 72 heavy (non-hydrogen) atoms. The number of carboxylic acid groups (broad SMARTS) is 1. The average molecular weight is 1000 g/mol. The van der Waals surface area contributed by atoms with Crippen LogP contribution in [0, 0.1) is 24.2 Å². The van der Waals surface area contributed by atoms with Gasteiger partial charge >= 0.3 is 5.97 Å². The van der Waals surface area contributed by atoms with Gasteiger partial charge in [0.05, 0.1) is 68.9 Å². The molecule has 0 saturated carbocycles. The number of benzene rings is 1. The van der Waals surface area contributed by atoms with Crippen LogP contribution in [0.4, 0.5) is 17.8 Å². The summed E-state index contributed by atoms with van der Waals surface area (Å²) in [5.74, 6) is 2.53. The summed E-state index contributed by atoms with van der Waals surface area (Å²) in [5.41, 5.74) is 15.0. The number of piperazine rings is 2. The van der Waals surface area contributed by atoms with Gasteiger partial charge in [0.15, 0.2) is 0 Å². The van der Waals surface area contributed by atoms with Crippen molar-refractivity contribution >= 4 is 35.6 Å². The third kappa shape index (κ3) is 15.2. The summed E-state index contributed by atoms with van der Waals surface area (Å²) in [6.07, 6.45) is 10.5. The summed E-state index contributed by atoms with van der Waals surface area (Å²) in [5, 5.41) is 39.8. The zero-order chi connectivity index (χ0) is 51.6. The Labute approximate surface area is 420 Å². The fourth-order valence-corrected chi connectivity index (χ4v) is 8.37. The topological polar surface area (TPSA) is 296 Å². The van der Waals surface area contributed by atoms with Gasteiger partial charge in [0.2, 0.25) is 29.7 Å². The monoisotopic (exact) mass is 1000 g/mol. The van der Waals surface area contributed by atoms with Crippen molar-refractivity contribution in [1.82, 2.24) is 54.7 Å². The highest BCUT2D eigenvalue weighted by Gasteiger charge is 2.35. The predicted octanol–water partition coefficient (Wildman–Crippen LogP) is 1.83. The first-order valence-corrected chi connectivity index (χ1v) is 24.9. The predicted molar refractivity (Wildman–Crippen MR) is 267 cm³/mol. The number of rotatable bonds is 28. The first-order chi connectivity index (χ1) is 34.8. The summed E-state index contributed by atoms with van der Waals surface area (Å²) in [4.78, 5) is 62.3. The minimum absolute atomic E-state index is 0.0384. The van der Waals surface area contributed by atoms with Crippen LogP contribution in [0.3, 0.4) is 0 Å². The lowest BCUT2D eigenvalue weighted by Crippen LogP contribution is -2.52. The van der Waals surface area contributed by atoms with Gasteiger partial charge in [-0.2, -0.15) is 15.0 Å². The Hall–Kier alpha value is -6.52. The molecule has 0 spiro atoms. The molecule has 5 heterocycles. The van der Waals surface area contributed by atoms with Crippen LogP contribution in [0.5, 0.6) is 5.75 Å². The van der Waals surface area contributed by atoms with E-state index >= 15 is 0 Å². The quantitative estimate of drug-likeness (QED) is 0.0401. The zero-order valence-corrected chi connectivity index (χ0v) is 42.0. The molecule has 1 aromatic carbocycles. The number of phenols is 1. The van der Waals surface area contributed by atoms with E-state index in [4.69, 9.17) is 47.1 Å². The van der Waals surface area contributed by atoms with Crippen molar-refractivity contribution in [1.29, 1.82) is 0 Å². The van der Waals surface area contributed by atoms with Crippen LogP contribution in [-0.4, -0.2) is 181 Å². The van der Waals surface area contributed by atoms with Gasteiger partial charge in [-0.1, -0.05) is 69.0 Å². The second kappa shape index (κ2) is 27.3. The lowest BCUT2D eigenvalue weighted by molar-refractivity contribution is -0.139. The van der Waals surface area contributed by atoms with Gasteiger partial charge in [0.1, 0.15) is 24.4 Å². The van der Waals surface area contributed by atoms with Crippen LogP contribution in [0.25, 0.3) is 0 Å². The van der Waals surface area contributed by atoms with E-state index in [0.717, 1.165) is 18.4 Å². The molecule has 24 heteroatoms. The van der Waals surface area contributed by atoms with E-state index in [9.17, 15) is 24.6 Å². The van der Waals surface area contributed by atoms with Gasteiger partial charge in [0, 0.05) is 65.3 Å². The number of ether oxygens (including phenoxy) is 3. The number of amides is 2. The number of aromatic hydroxyl groups is 1. The molecule has 4 aromatic rings. The Balaban J connectivity index is 1.12. The molecule has 2 fully saturated rings. The molecule has 6 atom stereocenters. The number of aromatic nitrogens is 9. The maximum atomic E-state index is 14.4. The van der Waals surface area contributed by atoms with Crippen LogP contribution in [-0.2, 0) is 35.0 Å². The summed E-state index contributed by atoms with van der Waals surface area (Å²) in [6, 6.07) is 4.56. The number of terminal acetylenes is 1. The van der Waals surface area contributed by atoms with Gasteiger partial charge in [-0.15, -0.1) is 16.6 Å². The molecule has 2 aliphatic heterocycles. The van der Waals surface area contributed by atoms with Crippen LogP contribution in [0.1, 0.15) is 94.5 Å². The lowest BCUT2D eigenvalue weighted by Gasteiger charge is -2.38. The number of nitrogens with two attached hydrogens (primary N) is 2. The summed E-state index contributed by atoms with van der Waals surface area (Å²) in [7, 11) is 0. The van der Waals surface area contributed by atoms with Crippen molar-refractivity contribution in [3.8, 4) is 18.1 Å². The van der Waals surface area contributed by atoms with Crippen molar-refractivity contribution in [2.75, 3.05) is 114 Å². The van der Waals surface area contributed by atoms with Gasteiger partial charge < -0.3 is 60.8 Å². The molecule has 3 unspecified atom stereocenters. The largest absolute Gasteiger partial charge is 0.508 e. The van der Waals surface area contributed by atoms with Crippen LogP contribution in [0.15, 0.2) is 36.7 Å². The molecule has 7 N–H and O–H groups in total. The van der Waals surface area contributed by atoms with E-state index in [1.54, 1.807) is 34.1 Å². The zero-order valence-electron chi connectivity index (χ0n) is 42.0. The third-order valence-electron chi connectivity index (χ3n) is 13.2. The van der Waals surface area contributed by atoms with E-state index in [1.165, 1.54) is 4.68 Å². The SMILES string of the molecule is C#CCOCCOCCOCCNc1nc(N2CCN(C(=O)C([C@@H](C)CC)n3cc(C(N)Cc4ccc(O)cc4)nn3)CC2)nc(N2CCN(C(=O)[C@H](CCC(=O)O)n3cc(C(N)[C@H](C)CC)nn3)CC2)n1. The fraction of sp³-hybridized carbons (Fsp3) is 0.625. The number of carbonyl (C=O) groups excluding carboxylic acids is 2. The van der Waals surface area contributed by atoms with Crippen LogP contribution in [0.2, 0.25) is 0 Å². The number of hydrogen-bond acceptors (Lipinski definition) is 19. The lowest BCUT2D eigenvalue weighted by atomic mass is 9.97. The Bertz CT molecular complexity index is 2360. The standard InChI is InChI=1S/C48H72N16O8/c1-6-24-70-26-28-72-29-27-71-25-15-51-46-52-47(61-20-16-59(17-21-61)44(68)40(13-14-41(66)67)63-32-39(56-57-63)42(50)33(4)7-2)54-48(53-46)62-22-18-60(19-23-62)45(69)43(34(5)8-3)64-31-38(55-58-64)37(49)30-35-9-11-36(65)12-10-35/h1,9-12,31-34,37,40,42-43,65H,7-8,13-30,49-50H2,2-5H3,(H,66,67)(H,51,52,53,54)/t33-,34+,37?,40+,42?,43?/m1/s1. The van der Waals surface area contributed by atoms with E-state index in [-0.39, 0.29) is 54.9 Å². The minimum atomic E-state index is -1.02. The van der Waals surface area contributed by atoms with E-state index in [0.29, 0.717) is 128 Å². The number of nitrogens with one attached hydrogen (secondary N) is 1. The van der Waals surface area contributed by atoms with E-state index in [2.05, 4.69) is 31.9 Å². The molecule has 2 saturated heterocycles. The summed E-state index contributed by atoms with van der Waals surface area (Å²) in [6.45, 7) is 13.8. The van der Waals surface area contributed by atoms with Crippen molar-refractivity contribution < 1.29 is 38.8 Å². The minimum Gasteiger partial charge on any atom is -0.508 e.